The Morgan fingerprint density at radius 3 is 1.75 bits per heavy atom. The lowest BCUT2D eigenvalue weighted by Gasteiger charge is -0.198. The monoisotopic (exact) mass is 107 g/mol. The van der Waals surface area contributed by atoms with Gasteiger partial charge in [-0.1, -0.05) is 14.8 Å². The summed E-state index contributed by atoms with van der Waals surface area (Å²) in [6, 6.07) is 0. The highest BCUT2D eigenvalue weighted by atomic mass is 32.1. The fraction of sp³-hybridized carbons (Fsp3) is 1.00. The zero-order valence-electron chi connectivity index (χ0n) is 3.95. The molecule has 0 aromatic heterocycles. The third-order valence-corrected chi connectivity index (χ3v) is 0. The molecule has 0 aromatic carbocycles. The van der Waals surface area contributed by atoms with Crippen molar-refractivity contribution in [3.05, 3.63) is 0 Å². The van der Waals surface area contributed by atoms with Crippen LogP contribution in [-0.2, 0) is 0 Å². The van der Waals surface area contributed by atoms with Crippen molar-refractivity contribution >= 4 is 26.9 Å². The quantitative estimate of drug-likeness (QED) is 0.442. The van der Waals surface area contributed by atoms with Gasteiger partial charge in [-0.2, -0.15) is 26.9 Å². The highest BCUT2D eigenvalue weighted by Crippen LogP contribution is 0.649. The van der Waals surface area contributed by atoms with E-state index in [-0.39, 0.29) is 22.3 Å². The maximum atomic E-state index is 5.75. The smallest absolute Gasteiger partial charge is 0.0985 e. The van der Waals surface area contributed by atoms with Crippen LogP contribution >= 0.6 is 26.9 Å². The summed E-state index contributed by atoms with van der Waals surface area (Å²) in [5, 5.41) is 0. The number of hydrogen-bond acceptors (Lipinski definition) is 0. The summed E-state index contributed by atoms with van der Waals surface area (Å²) < 4.78 is 11.2. The predicted molar refractivity (Wildman–Crippen MR) is 36.3 cm³/mol. The molecular weight excluding hydrogens is 88.2 g/mol. The van der Waals surface area contributed by atoms with E-state index in [1.54, 1.807) is 0 Å². The third-order valence-electron chi connectivity index (χ3n) is 0. The van der Waals surface area contributed by atoms with Crippen molar-refractivity contribution in [2.75, 3.05) is 0 Å². The number of hydrogen-bond donors (Lipinski definition) is 0. The van der Waals surface area contributed by atoms with Gasteiger partial charge in [-0.3, -0.25) is 0 Å². The molecule has 0 aromatic rings. The molecule has 0 nitrogen and oxygen atoms in total. The van der Waals surface area contributed by atoms with Crippen LogP contribution in [0.25, 0.3) is 0 Å². The zero-order chi connectivity index (χ0) is 4.00. The Bertz CT molecular complexity index is 10.9. The first-order chi connectivity index (χ1) is 2.00. The van der Waals surface area contributed by atoms with Crippen molar-refractivity contribution in [3.63, 3.8) is 0 Å². The van der Waals surface area contributed by atoms with E-state index in [9.17, 15) is 0 Å². The molecule has 0 atom stereocenters. The van der Waals surface area contributed by atoms with E-state index in [4.69, 9.17) is 2.49 Å². The van der Waals surface area contributed by atoms with Gasteiger partial charge in [0.25, 0.3) is 0 Å². The van der Waals surface area contributed by atoms with Gasteiger partial charge in [-0.05, 0) is 0 Å². The van der Waals surface area contributed by atoms with Crippen molar-refractivity contribution in [1.29, 1.82) is 1.12 Å². The summed E-state index contributed by atoms with van der Waals surface area (Å²) >= 11 is 2.78. The van der Waals surface area contributed by atoms with Crippen LogP contribution in [0, 0.1) is 0 Å². The van der Waals surface area contributed by atoms with Crippen molar-refractivity contribution in [2.24, 2.45) is 0 Å². The minimum Gasteiger partial charge on any atom is -0.197 e. The lowest BCUT2D eigenvalue weighted by Crippen LogP contribution is 0.143. The molecule has 0 spiro atoms. The molecule has 2 heteroatoms. The van der Waals surface area contributed by atoms with E-state index in [2.05, 4.69) is 13.4 Å². The van der Waals surface area contributed by atoms with Crippen LogP contribution in [-0.4, -0.2) is 1.12 Å². The van der Waals surface area contributed by atoms with Gasteiger partial charge in [0.05, 0.1) is 1.12 Å². The van der Waals surface area contributed by atoms with Gasteiger partial charge in [-0.25, -0.2) is 0 Å². The van der Waals surface area contributed by atoms with Gasteiger partial charge < -0.3 is 0 Å². The van der Waals surface area contributed by atoms with Crippen molar-refractivity contribution in [2.45, 2.75) is 14.8 Å². The molecule has 4 heavy (non-hydrogen) atoms. The molecular formula is C2H14S2. The summed E-state index contributed by atoms with van der Waals surface area (Å²) in [6.07, 6.45) is 0. The molecule has 0 aliphatic carbocycles. The molecule has 0 heterocycles. The van der Waals surface area contributed by atoms with Gasteiger partial charge in [0.1, 0.15) is 0 Å². The lowest BCUT2D eigenvalue weighted by molar-refractivity contribution is 2.50. The van der Waals surface area contributed by atoms with Crippen LogP contribution in [0.15, 0.2) is 0 Å². The van der Waals surface area contributed by atoms with E-state index in [0.29, 0.717) is 0 Å². The molecule has 0 saturated heterocycles. The normalized spacial score (nSPS) is 3.50. The molecule has 0 bridgehead atoms. The predicted octanol–water partition coefficient (Wildman–Crippen LogP) is 1.74. The molecule has 0 fully saturated rings. The molecule has 0 rings (SSSR count). The van der Waals surface area contributed by atoms with Gasteiger partial charge in [0, 0.05) is 2.80 Å². The standard InChI is InChI=1S/2CH4.2H2S.H2/h2*1H4;2*1H2;1H/i1T;;;;1+2/hD. The van der Waals surface area contributed by atoms with Gasteiger partial charge in [0.15, 0.2) is 0 Å². The second-order valence-corrected chi connectivity index (χ2v) is 0. The van der Waals surface area contributed by atoms with Gasteiger partial charge >= 0.3 is 0 Å². The summed E-state index contributed by atoms with van der Waals surface area (Å²) in [6.45, 7) is 0. The Balaban J connectivity index is -0.00000000267. The molecule has 0 aliphatic rings. The maximum absolute atomic E-state index is 5.75. The first kappa shape index (κ1) is 8.83. The minimum absolute atomic E-state index is 0. The first-order valence-electron chi connectivity index (χ1n) is 1.45. The summed E-state index contributed by atoms with van der Waals surface area (Å²) in [5.41, 5.74) is 0. The van der Waals surface area contributed by atoms with Crippen LogP contribution in [0.5, 0.6) is 0 Å². The topological polar surface area (TPSA) is 0 Å². The number of rotatable bonds is 0. The SMILES string of the molecule is C.S.[2H]S.[3HH].[3H]C. The van der Waals surface area contributed by atoms with Gasteiger partial charge in [-0.15, -0.1) is 0 Å². The highest BCUT2D eigenvalue weighted by molar-refractivity contribution is 7.59. The largest absolute Gasteiger partial charge is 0.197 e. The molecule has 0 saturated carbocycles. The third kappa shape index (κ3) is 15.9. The van der Waals surface area contributed by atoms with Crippen LogP contribution in [0.3, 0.4) is 0 Å². The van der Waals surface area contributed by atoms with E-state index >= 15 is 0 Å². The van der Waals surface area contributed by atoms with Crippen LogP contribution < -0.4 is 0 Å². The molecule has 0 N–H and O–H groups in total. The Hall–Kier alpha value is 0.700. The fourth-order valence-corrected chi connectivity index (χ4v) is 0. The minimum atomic E-state index is 0. The van der Waals surface area contributed by atoms with Crippen molar-refractivity contribution in [1.82, 2.24) is 0 Å². The van der Waals surface area contributed by atoms with Crippen LogP contribution in [0.4, 0.5) is 0 Å². The van der Waals surface area contributed by atoms with Gasteiger partial charge in [0.2, 0.25) is 0 Å². The Labute approximate surface area is 46.5 Å². The zero-order valence-corrected chi connectivity index (χ0v) is 3.84. The molecule has 0 amide bonds. The average Bonchev–Trinajstić information content (AvgIpc) is 1.50. The van der Waals surface area contributed by atoms with E-state index < -0.39 is 0 Å². The average molecular weight is 107 g/mol. The van der Waals surface area contributed by atoms with Crippen LogP contribution in [0.2, 0.25) is 0 Å². The van der Waals surface area contributed by atoms with Crippen molar-refractivity contribution in [3.8, 4) is 0 Å². The molecule has 0 radical (unpaired) electrons. The maximum Gasteiger partial charge on any atom is 0.0985 e. The Kier molecular flexibility index (Phi) is 121. The Morgan fingerprint density at radius 1 is 1.75 bits per heavy atom. The van der Waals surface area contributed by atoms with E-state index in [1.165, 1.54) is 7.40 Å². The molecule has 0 unspecified atom stereocenters. The van der Waals surface area contributed by atoms with E-state index in [1.807, 2.05) is 0 Å². The lowest BCUT2D eigenvalue weighted by atomic mass is 12.0. The second kappa shape index (κ2) is 55.0. The fourth-order valence-electron chi connectivity index (χ4n) is 0. The second-order valence-electron chi connectivity index (χ2n) is 0. The Morgan fingerprint density at radius 2 is 1.75 bits per heavy atom. The van der Waals surface area contributed by atoms with E-state index in [0.717, 1.165) is 0 Å². The summed E-state index contributed by atoms with van der Waals surface area (Å²) in [5.74, 6) is 0. The van der Waals surface area contributed by atoms with Crippen molar-refractivity contribution < 1.29 is 2.80 Å². The highest BCUT2D eigenvalue weighted by Gasteiger charge is -0.0765. The molecule has 34 valence electrons. The summed E-state index contributed by atoms with van der Waals surface area (Å²) in [7, 11) is 1.25. The summed E-state index contributed by atoms with van der Waals surface area (Å²) in [4.78, 5) is 0. The first-order valence-corrected chi connectivity index (χ1v) is 0. The molecule has 0 aliphatic heterocycles. The van der Waals surface area contributed by atoms with Crippen LogP contribution in [0.1, 0.15) is 17.6 Å².